The zero-order valence-electron chi connectivity index (χ0n) is 8.68. The molecule has 13 heavy (non-hydrogen) atoms. The van der Waals surface area contributed by atoms with E-state index in [1.54, 1.807) is 13.8 Å². The van der Waals surface area contributed by atoms with Crippen LogP contribution in [0.25, 0.3) is 0 Å². The van der Waals surface area contributed by atoms with Crippen LogP contribution in [0, 0.1) is 0 Å². The second-order valence-electron chi connectivity index (χ2n) is 3.19. The van der Waals surface area contributed by atoms with E-state index < -0.39 is 5.97 Å². The number of hydrogen-bond acceptors (Lipinski definition) is 2. The molecule has 3 nitrogen and oxygen atoms in total. The van der Waals surface area contributed by atoms with Gasteiger partial charge in [-0.25, -0.2) is 4.79 Å². The average molecular weight is 185 g/mol. The number of nitrogens with one attached hydrogen (secondary N) is 1. The molecular formula is C10H19NO2. The fourth-order valence-corrected chi connectivity index (χ4v) is 0.944. The molecular weight excluding hydrogens is 166 g/mol. The van der Waals surface area contributed by atoms with Gasteiger partial charge in [0.1, 0.15) is 0 Å². The van der Waals surface area contributed by atoms with Crippen LogP contribution in [0.4, 0.5) is 0 Å². The Labute approximate surface area is 79.8 Å². The first-order chi connectivity index (χ1) is 6.09. The third-order valence-electron chi connectivity index (χ3n) is 2.05. The predicted octanol–water partition coefficient (Wildman–Crippen LogP) is 2.14. The van der Waals surface area contributed by atoms with Gasteiger partial charge in [-0.15, -0.1) is 0 Å². The summed E-state index contributed by atoms with van der Waals surface area (Å²) in [5.41, 5.74) is 1.17. The molecule has 0 spiro atoms. The van der Waals surface area contributed by atoms with Crippen LogP contribution < -0.4 is 5.32 Å². The van der Waals surface area contributed by atoms with E-state index in [2.05, 4.69) is 12.2 Å². The van der Waals surface area contributed by atoms with E-state index in [1.165, 1.54) is 12.8 Å². The molecule has 3 heteroatoms. The second kappa shape index (κ2) is 6.52. The third-order valence-corrected chi connectivity index (χ3v) is 2.05. The second-order valence-corrected chi connectivity index (χ2v) is 3.19. The number of aliphatic carboxylic acids is 1. The van der Waals surface area contributed by atoms with Crippen molar-refractivity contribution in [3.8, 4) is 0 Å². The van der Waals surface area contributed by atoms with Crippen molar-refractivity contribution < 1.29 is 9.90 Å². The van der Waals surface area contributed by atoms with Gasteiger partial charge < -0.3 is 10.4 Å². The van der Waals surface area contributed by atoms with Gasteiger partial charge in [-0.1, -0.05) is 19.8 Å². The van der Waals surface area contributed by atoms with E-state index in [4.69, 9.17) is 5.11 Å². The van der Waals surface area contributed by atoms with Gasteiger partial charge >= 0.3 is 5.97 Å². The van der Waals surface area contributed by atoms with Crippen LogP contribution in [0.2, 0.25) is 0 Å². The molecule has 0 radical (unpaired) electrons. The Morgan fingerprint density at radius 1 is 1.31 bits per heavy atom. The van der Waals surface area contributed by atoms with Crippen LogP contribution in [0.15, 0.2) is 11.3 Å². The molecule has 0 aromatic rings. The van der Waals surface area contributed by atoms with Crippen LogP contribution in [0.1, 0.15) is 40.0 Å². The summed E-state index contributed by atoms with van der Waals surface area (Å²) >= 11 is 0. The van der Waals surface area contributed by atoms with Gasteiger partial charge in [0.05, 0.1) is 5.57 Å². The van der Waals surface area contributed by atoms with E-state index in [1.807, 2.05) is 0 Å². The normalized spacial score (nSPS) is 12.2. The SMILES string of the molecule is CCCCCN/C(C)=C(\C)C(=O)O. The summed E-state index contributed by atoms with van der Waals surface area (Å²) in [6.07, 6.45) is 3.47. The molecule has 0 aromatic carbocycles. The maximum Gasteiger partial charge on any atom is 0.333 e. The number of rotatable bonds is 6. The zero-order chi connectivity index (χ0) is 10.3. The van der Waals surface area contributed by atoms with Crippen molar-refractivity contribution >= 4 is 5.97 Å². The van der Waals surface area contributed by atoms with Crippen molar-refractivity contribution in [1.29, 1.82) is 0 Å². The van der Waals surface area contributed by atoms with Gasteiger partial charge in [0.25, 0.3) is 0 Å². The highest BCUT2D eigenvalue weighted by molar-refractivity contribution is 5.86. The first kappa shape index (κ1) is 12.0. The van der Waals surface area contributed by atoms with Gasteiger partial charge in [0, 0.05) is 12.2 Å². The molecule has 0 rings (SSSR count). The number of allylic oxidation sites excluding steroid dienone is 1. The van der Waals surface area contributed by atoms with E-state index >= 15 is 0 Å². The third kappa shape index (κ3) is 5.28. The summed E-state index contributed by atoms with van der Waals surface area (Å²) in [6.45, 7) is 6.43. The van der Waals surface area contributed by atoms with Crippen molar-refractivity contribution in [3.05, 3.63) is 11.3 Å². The fourth-order valence-electron chi connectivity index (χ4n) is 0.944. The molecule has 0 saturated heterocycles. The lowest BCUT2D eigenvalue weighted by Crippen LogP contribution is -2.16. The van der Waals surface area contributed by atoms with Crippen molar-refractivity contribution in [3.63, 3.8) is 0 Å². The monoisotopic (exact) mass is 185 g/mol. The van der Waals surface area contributed by atoms with Crippen LogP contribution >= 0.6 is 0 Å². The van der Waals surface area contributed by atoms with Crippen LogP contribution in [-0.2, 0) is 4.79 Å². The minimum Gasteiger partial charge on any atom is -0.478 e. The molecule has 0 aromatic heterocycles. The minimum atomic E-state index is -0.847. The van der Waals surface area contributed by atoms with E-state index in [0.717, 1.165) is 18.7 Å². The van der Waals surface area contributed by atoms with Crippen molar-refractivity contribution in [1.82, 2.24) is 5.32 Å². The number of unbranched alkanes of at least 4 members (excludes halogenated alkanes) is 2. The molecule has 0 fully saturated rings. The maximum atomic E-state index is 10.5. The van der Waals surface area contributed by atoms with Gasteiger partial charge in [-0.2, -0.15) is 0 Å². The Balaban J connectivity index is 3.79. The molecule has 0 heterocycles. The van der Waals surface area contributed by atoms with E-state index in [0.29, 0.717) is 5.57 Å². The molecule has 0 amide bonds. The quantitative estimate of drug-likeness (QED) is 0.492. The lowest BCUT2D eigenvalue weighted by Gasteiger charge is -2.07. The Morgan fingerprint density at radius 3 is 2.38 bits per heavy atom. The lowest BCUT2D eigenvalue weighted by molar-refractivity contribution is -0.132. The van der Waals surface area contributed by atoms with Crippen LogP contribution in [-0.4, -0.2) is 17.6 Å². The number of hydrogen-bond donors (Lipinski definition) is 2. The number of carbonyl (C=O) groups is 1. The van der Waals surface area contributed by atoms with Crippen molar-refractivity contribution in [2.45, 2.75) is 40.0 Å². The summed E-state index contributed by atoms with van der Waals surface area (Å²) in [6, 6.07) is 0. The number of carboxylic acids is 1. The van der Waals surface area contributed by atoms with Crippen molar-refractivity contribution in [2.75, 3.05) is 6.54 Å². The zero-order valence-corrected chi connectivity index (χ0v) is 8.68. The molecule has 0 aliphatic rings. The summed E-state index contributed by atoms with van der Waals surface area (Å²) < 4.78 is 0. The highest BCUT2D eigenvalue weighted by atomic mass is 16.4. The predicted molar refractivity (Wildman–Crippen MR) is 53.5 cm³/mol. The lowest BCUT2D eigenvalue weighted by atomic mass is 10.2. The summed E-state index contributed by atoms with van der Waals surface area (Å²) in [7, 11) is 0. The molecule has 0 aliphatic heterocycles. The van der Waals surface area contributed by atoms with Gasteiger partial charge in [0.15, 0.2) is 0 Å². The highest BCUT2D eigenvalue weighted by Gasteiger charge is 2.03. The average Bonchev–Trinajstić information content (AvgIpc) is 2.10. The summed E-state index contributed by atoms with van der Waals surface area (Å²) in [5.74, 6) is -0.847. The van der Waals surface area contributed by atoms with Crippen molar-refractivity contribution in [2.24, 2.45) is 0 Å². The molecule has 0 aliphatic carbocycles. The largest absolute Gasteiger partial charge is 0.478 e. The Morgan fingerprint density at radius 2 is 1.92 bits per heavy atom. The molecule has 0 bridgehead atoms. The summed E-state index contributed by atoms with van der Waals surface area (Å²) in [5, 5.41) is 11.8. The van der Waals surface area contributed by atoms with Gasteiger partial charge in [-0.3, -0.25) is 0 Å². The molecule has 2 N–H and O–H groups in total. The van der Waals surface area contributed by atoms with Gasteiger partial charge in [0.2, 0.25) is 0 Å². The highest BCUT2D eigenvalue weighted by Crippen LogP contribution is 2.00. The minimum absolute atomic E-state index is 0.400. The first-order valence-corrected chi connectivity index (χ1v) is 4.74. The Bertz CT molecular complexity index is 197. The van der Waals surface area contributed by atoms with Crippen LogP contribution in [0.3, 0.4) is 0 Å². The summed E-state index contributed by atoms with van der Waals surface area (Å²) in [4.78, 5) is 10.5. The smallest absolute Gasteiger partial charge is 0.333 e. The first-order valence-electron chi connectivity index (χ1n) is 4.74. The van der Waals surface area contributed by atoms with Crippen LogP contribution in [0.5, 0.6) is 0 Å². The van der Waals surface area contributed by atoms with E-state index in [9.17, 15) is 4.79 Å². The molecule has 0 unspecified atom stereocenters. The van der Waals surface area contributed by atoms with Gasteiger partial charge in [-0.05, 0) is 20.3 Å². The van der Waals surface area contributed by atoms with E-state index in [-0.39, 0.29) is 0 Å². The fraction of sp³-hybridized carbons (Fsp3) is 0.700. The topological polar surface area (TPSA) is 49.3 Å². The maximum absolute atomic E-state index is 10.5. The molecule has 76 valence electrons. The molecule has 0 saturated carbocycles. The molecule has 0 atom stereocenters. The number of carboxylic acid groups (broad SMARTS) is 1. The Kier molecular flexibility index (Phi) is 6.02. The standard InChI is InChI=1S/C10H19NO2/c1-4-5-6-7-11-9(3)8(2)10(12)13/h11H,4-7H2,1-3H3,(H,12,13)/b9-8+. The Hall–Kier alpha value is -0.990.